The average molecular weight is 392 g/mol. The molecule has 3 aliphatic heterocycles. The molecule has 0 saturated carbocycles. The van der Waals surface area contributed by atoms with Gasteiger partial charge in [-0.15, -0.1) is 11.8 Å². The molecule has 27 heavy (non-hydrogen) atoms. The van der Waals surface area contributed by atoms with E-state index >= 15 is 0 Å². The van der Waals surface area contributed by atoms with E-state index in [1.54, 1.807) is 23.7 Å². The number of carbonyl (C=O) groups excluding carboxylic acids is 2. The van der Waals surface area contributed by atoms with Crippen LogP contribution in [0.4, 0.5) is 0 Å². The Labute approximate surface area is 162 Å². The molecular formula is C19H24N2O5S. The molecule has 3 heterocycles. The van der Waals surface area contributed by atoms with Crippen molar-refractivity contribution < 1.29 is 23.8 Å². The molecule has 3 aliphatic rings. The highest BCUT2D eigenvalue weighted by molar-refractivity contribution is 7.99. The molecule has 4 rings (SSSR count). The van der Waals surface area contributed by atoms with Gasteiger partial charge in [-0.3, -0.25) is 9.59 Å². The number of rotatable bonds is 4. The first-order valence-electron chi connectivity index (χ1n) is 9.26. The SMILES string of the molecule is CN1C(=O)[C@H]2COC[C@@H]1CN(C(=O)CCSc1ccc3c(c1)OCCO3)C2. The summed E-state index contributed by atoms with van der Waals surface area (Å²) in [7, 11) is 1.81. The van der Waals surface area contributed by atoms with Crippen molar-refractivity contribution in [2.24, 2.45) is 5.92 Å². The van der Waals surface area contributed by atoms with Crippen LogP contribution in [-0.2, 0) is 14.3 Å². The van der Waals surface area contributed by atoms with E-state index in [2.05, 4.69) is 0 Å². The van der Waals surface area contributed by atoms with E-state index in [0.717, 1.165) is 16.4 Å². The van der Waals surface area contributed by atoms with Crippen molar-refractivity contribution >= 4 is 23.6 Å². The molecule has 146 valence electrons. The van der Waals surface area contributed by atoms with E-state index in [9.17, 15) is 9.59 Å². The molecule has 2 amide bonds. The standard InChI is InChI=1S/C19H24N2O5S/c1-20-14-10-21(9-13(19(20)23)11-24-12-14)18(22)4-7-27-15-2-3-16-17(8-15)26-6-5-25-16/h2-3,8,13-14H,4-7,9-12H2,1H3/t13-,14+/m1/s1. The Kier molecular flexibility index (Phi) is 5.45. The number of benzene rings is 1. The topological polar surface area (TPSA) is 68.3 Å². The zero-order valence-corrected chi connectivity index (χ0v) is 16.2. The summed E-state index contributed by atoms with van der Waals surface area (Å²) < 4.78 is 16.7. The fourth-order valence-corrected chi connectivity index (χ4v) is 4.50. The highest BCUT2D eigenvalue weighted by Crippen LogP contribution is 2.34. The zero-order chi connectivity index (χ0) is 18.8. The molecule has 2 bridgehead atoms. The average Bonchev–Trinajstić information content (AvgIpc) is 2.86. The number of thioether (sulfide) groups is 1. The van der Waals surface area contributed by atoms with Crippen LogP contribution in [0.25, 0.3) is 0 Å². The molecule has 1 aromatic rings. The highest BCUT2D eigenvalue weighted by atomic mass is 32.2. The van der Waals surface area contributed by atoms with Crippen LogP contribution < -0.4 is 9.47 Å². The van der Waals surface area contributed by atoms with Gasteiger partial charge in [0.2, 0.25) is 11.8 Å². The lowest BCUT2D eigenvalue weighted by molar-refractivity contribution is -0.134. The fraction of sp³-hybridized carbons (Fsp3) is 0.579. The molecule has 2 saturated heterocycles. The number of hydrogen-bond acceptors (Lipinski definition) is 6. The number of ether oxygens (including phenoxy) is 3. The summed E-state index contributed by atoms with van der Waals surface area (Å²) in [5.74, 6) is 2.15. The monoisotopic (exact) mass is 392 g/mol. The fourth-order valence-electron chi connectivity index (χ4n) is 3.63. The quantitative estimate of drug-likeness (QED) is 0.719. The summed E-state index contributed by atoms with van der Waals surface area (Å²) in [5.41, 5.74) is 0. The summed E-state index contributed by atoms with van der Waals surface area (Å²) in [6, 6.07) is 5.81. The second-order valence-corrected chi connectivity index (χ2v) is 8.21. The van der Waals surface area contributed by atoms with E-state index in [1.807, 2.05) is 23.1 Å². The van der Waals surface area contributed by atoms with Crippen LogP contribution in [0.3, 0.4) is 0 Å². The number of hydrogen-bond donors (Lipinski definition) is 0. The molecule has 2 atom stereocenters. The van der Waals surface area contributed by atoms with Crippen LogP contribution in [0.2, 0.25) is 0 Å². The smallest absolute Gasteiger partial charge is 0.229 e. The van der Waals surface area contributed by atoms with Gasteiger partial charge in [0, 0.05) is 37.2 Å². The second kappa shape index (κ2) is 7.98. The maximum absolute atomic E-state index is 12.7. The van der Waals surface area contributed by atoms with Gasteiger partial charge in [-0.1, -0.05) is 0 Å². The molecular weight excluding hydrogens is 368 g/mol. The van der Waals surface area contributed by atoms with Crippen LogP contribution in [0.1, 0.15) is 6.42 Å². The molecule has 0 N–H and O–H groups in total. The van der Waals surface area contributed by atoms with Gasteiger partial charge >= 0.3 is 0 Å². The van der Waals surface area contributed by atoms with Crippen LogP contribution in [0.5, 0.6) is 11.5 Å². The van der Waals surface area contributed by atoms with E-state index in [4.69, 9.17) is 14.2 Å². The van der Waals surface area contributed by atoms with Crippen molar-refractivity contribution in [1.29, 1.82) is 0 Å². The first kappa shape index (κ1) is 18.4. The van der Waals surface area contributed by atoms with Crippen molar-refractivity contribution in [2.75, 3.05) is 52.3 Å². The van der Waals surface area contributed by atoms with Crippen molar-refractivity contribution in [3.05, 3.63) is 18.2 Å². The molecule has 2 fully saturated rings. The largest absolute Gasteiger partial charge is 0.486 e. The Hall–Kier alpha value is -1.93. The summed E-state index contributed by atoms with van der Waals surface area (Å²) in [6.07, 6.45) is 0.442. The third kappa shape index (κ3) is 4.01. The van der Waals surface area contributed by atoms with Crippen LogP contribution in [-0.4, -0.2) is 80.0 Å². The minimum atomic E-state index is -0.253. The third-order valence-corrected chi connectivity index (χ3v) is 6.19. The van der Waals surface area contributed by atoms with Gasteiger partial charge in [0.15, 0.2) is 11.5 Å². The third-order valence-electron chi connectivity index (χ3n) is 5.20. The summed E-state index contributed by atoms with van der Waals surface area (Å²) in [5, 5.41) is 0. The van der Waals surface area contributed by atoms with Crippen molar-refractivity contribution in [3.63, 3.8) is 0 Å². The van der Waals surface area contributed by atoms with Crippen molar-refractivity contribution in [2.45, 2.75) is 17.4 Å². The lowest BCUT2D eigenvalue weighted by Gasteiger charge is -2.29. The summed E-state index contributed by atoms with van der Waals surface area (Å²) in [6.45, 7) is 3.03. The Bertz CT molecular complexity index is 728. The molecule has 0 aromatic heterocycles. The molecule has 0 radical (unpaired) electrons. The van der Waals surface area contributed by atoms with Crippen LogP contribution in [0.15, 0.2) is 23.1 Å². The minimum absolute atomic E-state index is 0.0561. The van der Waals surface area contributed by atoms with Crippen LogP contribution in [0, 0.1) is 5.92 Å². The molecule has 7 nitrogen and oxygen atoms in total. The van der Waals surface area contributed by atoms with Gasteiger partial charge < -0.3 is 24.0 Å². The molecule has 0 aliphatic carbocycles. The second-order valence-electron chi connectivity index (χ2n) is 7.04. The first-order valence-corrected chi connectivity index (χ1v) is 10.2. The minimum Gasteiger partial charge on any atom is -0.486 e. The van der Waals surface area contributed by atoms with E-state index < -0.39 is 0 Å². The predicted molar refractivity (Wildman–Crippen MR) is 100 cm³/mol. The number of carbonyl (C=O) groups is 2. The highest BCUT2D eigenvalue weighted by Gasteiger charge is 2.38. The lowest BCUT2D eigenvalue weighted by atomic mass is 10.1. The maximum atomic E-state index is 12.7. The van der Waals surface area contributed by atoms with Crippen molar-refractivity contribution in [3.8, 4) is 11.5 Å². The summed E-state index contributed by atoms with van der Waals surface area (Å²) in [4.78, 5) is 29.7. The molecule has 1 aromatic carbocycles. The van der Waals surface area contributed by atoms with Gasteiger partial charge in [-0.25, -0.2) is 0 Å². The number of nitrogens with zero attached hydrogens (tertiary/aromatic N) is 2. The number of amides is 2. The Morgan fingerprint density at radius 3 is 2.85 bits per heavy atom. The first-order chi connectivity index (χ1) is 13.1. The van der Waals surface area contributed by atoms with Crippen molar-refractivity contribution in [1.82, 2.24) is 9.80 Å². The predicted octanol–water partition coefficient (Wildman–Crippen LogP) is 1.26. The summed E-state index contributed by atoms with van der Waals surface area (Å²) >= 11 is 1.63. The Morgan fingerprint density at radius 1 is 1.19 bits per heavy atom. The maximum Gasteiger partial charge on any atom is 0.229 e. The van der Waals surface area contributed by atoms with Gasteiger partial charge in [0.25, 0.3) is 0 Å². The molecule has 8 heteroatoms. The Balaban J connectivity index is 1.32. The van der Waals surface area contributed by atoms with E-state index in [1.165, 1.54) is 0 Å². The van der Waals surface area contributed by atoms with E-state index in [-0.39, 0.29) is 23.8 Å². The van der Waals surface area contributed by atoms with Gasteiger partial charge in [0.1, 0.15) is 13.2 Å². The van der Waals surface area contributed by atoms with Crippen LogP contribution >= 0.6 is 11.8 Å². The number of likely N-dealkylation sites (N-methyl/N-ethyl adjacent to an activating group) is 1. The Morgan fingerprint density at radius 2 is 2.00 bits per heavy atom. The normalized spacial score (nSPS) is 24.6. The van der Waals surface area contributed by atoms with Gasteiger partial charge in [0.05, 0.1) is 25.2 Å². The van der Waals surface area contributed by atoms with Gasteiger partial charge in [-0.05, 0) is 18.2 Å². The zero-order valence-electron chi connectivity index (χ0n) is 15.4. The lowest BCUT2D eigenvalue weighted by Crippen LogP contribution is -2.45. The van der Waals surface area contributed by atoms with E-state index in [0.29, 0.717) is 51.7 Å². The molecule has 0 unspecified atom stereocenters. The number of fused-ring (bicyclic) bond motifs is 4. The molecule has 0 spiro atoms. The van der Waals surface area contributed by atoms with Gasteiger partial charge in [-0.2, -0.15) is 0 Å².